The molecule has 2 aromatic carbocycles. The van der Waals surface area contributed by atoms with Gasteiger partial charge in [-0.15, -0.1) is 0 Å². The van der Waals surface area contributed by atoms with E-state index in [4.69, 9.17) is 0 Å². The highest BCUT2D eigenvalue weighted by Gasteiger charge is 2.17. The van der Waals surface area contributed by atoms with E-state index in [1.165, 1.54) is 18.2 Å². The molecule has 0 atom stereocenters. The van der Waals surface area contributed by atoms with Crippen molar-refractivity contribution in [2.24, 2.45) is 7.05 Å². The standard InChI is InChI=1S/C21H19BrFN3O/c1-13(15-6-10-18(23)11-7-15)12-19(27)24-21-20(14(2)25-26(21)3)16-4-8-17(22)9-5-16/h4-12H,1-3H3,(H,24,27)/b13-12-. The van der Waals surface area contributed by atoms with E-state index in [2.05, 4.69) is 26.3 Å². The van der Waals surface area contributed by atoms with Crippen molar-refractivity contribution in [3.63, 3.8) is 0 Å². The Labute approximate surface area is 165 Å². The summed E-state index contributed by atoms with van der Waals surface area (Å²) < 4.78 is 15.7. The molecule has 0 saturated heterocycles. The Bertz CT molecular complexity index is 1010. The van der Waals surface area contributed by atoms with Crippen LogP contribution < -0.4 is 5.32 Å². The van der Waals surface area contributed by atoms with Crippen LogP contribution in [0.2, 0.25) is 0 Å². The molecule has 3 rings (SSSR count). The van der Waals surface area contributed by atoms with Crippen LogP contribution in [0.3, 0.4) is 0 Å². The molecule has 0 bridgehead atoms. The Morgan fingerprint density at radius 2 is 1.78 bits per heavy atom. The molecule has 1 N–H and O–H groups in total. The molecule has 0 fully saturated rings. The van der Waals surface area contributed by atoms with Crippen LogP contribution in [0, 0.1) is 12.7 Å². The fourth-order valence-electron chi connectivity index (χ4n) is 2.91. The maximum absolute atomic E-state index is 13.1. The third-order valence-electron chi connectivity index (χ3n) is 4.24. The average molecular weight is 428 g/mol. The van der Waals surface area contributed by atoms with E-state index in [0.717, 1.165) is 32.4 Å². The number of allylic oxidation sites excluding steroid dienone is 1. The van der Waals surface area contributed by atoms with E-state index >= 15 is 0 Å². The molecule has 3 aromatic rings. The maximum atomic E-state index is 13.1. The number of benzene rings is 2. The topological polar surface area (TPSA) is 46.9 Å². The fourth-order valence-corrected chi connectivity index (χ4v) is 3.17. The molecule has 0 aliphatic carbocycles. The van der Waals surface area contributed by atoms with Gasteiger partial charge in [-0.25, -0.2) is 4.39 Å². The monoisotopic (exact) mass is 427 g/mol. The molecule has 1 amide bonds. The van der Waals surface area contributed by atoms with E-state index in [9.17, 15) is 9.18 Å². The number of hydrogen-bond acceptors (Lipinski definition) is 2. The molecule has 0 radical (unpaired) electrons. The minimum atomic E-state index is -0.305. The molecule has 0 unspecified atom stereocenters. The summed E-state index contributed by atoms with van der Waals surface area (Å²) >= 11 is 3.43. The highest BCUT2D eigenvalue weighted by molar-refractivity contribution is 9.10. The summed E-state index contributed by atoms with van der Waals surface area (Å²) in [4.78, 5) is 12.6. The third-order valence-corrected chi connectivity index (χ3v) is 4.77. The van der Waals surface area contributed by atoms with Gasteiger partial charge in [-0.2, -0.15) is 5.10 Å². The van der Waals surface area contributed by atoms with Crippen molar-refractivity contribution < 1.29 is 9.18 Å². The fraction of sp³-hybridized carbons (Fsp3) is 0.143. The minimum Gasteiger partial charge on any atom is -0.307 e. The Kier molecular flexibility index (Phi) is 5.56. The molecule has 1 heterocycles. The zero-order chi connectivity index (χ0) is 19.6. The number of carbonyl (C=O) groups is 1. The Balaban J connectivity index is 1.89. The molecule has 0 spiro atoms. The SMILES string of the molecule is C/C(=C/C(=O)Nc1c(-c2ccc(Br)cc2)c(C)nn1C)c1ccc(F)cc1. The van der Waals surface area contributed by atoms with Gasteiger partial charge in [0.25, 0.3) is 0 Å². The lowest BCUT2D eigenvalue weighted by atomic mass is 10.1. The zero-order valence-corrected chi connectivity index (χ0v) is 16.8. The van der Waals surface area contributed by atoms with Crippen LogP contribution in [0.15, 0.2) is 59.1 Å². The number of carbonyl (C=O) groups excluding carboxylic acids is 1. The smallest absolute Gasteiger partial charge is 0.249 e. The second kappa shape index (κ2) is 7.88. The highest BCUT2D eigenvalue weighted by atomic mass is 79.9. The van der Waals surface area contributed by atoms with Crippen molar-refractivity contribution in [3.8, 4) is 11.1 Å². The van der Waals surface area contributed by atoms with Crippen LogP contribution in [0.25, 0.3) is 16.7 Å². The molecule has 27 heavy (non-hydrogen) atoms. The van der Waals surface area contributed by atoms with Crippen LogP contribution in [0.5, 0.6) is 0 Å². The Morgan fingerprint density at radius 3 is 2.41 bits per heavy atom. The predicted octanol–water partition coefficient (Wildman–Crippen LogP) is 5.34. The summed E-state index contributed by atoms with van der Waals surface area (Å²) in [6.07, 6.45) is 1.50. The minimum absolute atomic E-state index is 0.266. The number of nitrogens with one attached hydrogen (secondary N) is 1. The van der Waals surface area contributed by atoms with Gasteiger partial charge in [-0.1, -0.05) is 40.2 Å². The molecule has 1 aromatic heterocycles. The summed E-state index contributed by atoms with van der Waals surface area (Å²) in [5, 5.41) is 7.36. The lowest BCUT2D eigenvalue weighted by molar-refractivity contribution is -0.111. The van der Waals surface area contributed by atoms with Crippen molar-refractivity contribution in [2.45, 2.75) is 13.8 Å². The first-order valence-electron chi connectivity index (χ1n) is 8.40. The van der Waals surface area contributed by atoms with Crippen molar-refractivity contribution in [1.29, 1.82) is 0 Å². The second-order valence-corrected chi connectivity index (χ2v) is 7.18. The quantitative estimate of drug-likeness (QED) is 0.571. The number of halogens is 2. The summed E-state index contributed by atoms with van der Waals surface area (Å²) in [7, 11) is 1.79. The Morgan fingerprint density at radius 1 is 1.15 bits per heavy atom. The van der Waals surface area contributed by atoms with Crippen molar-refractivity contribution in [2.75, 3.05) is 5.32 Å². The van der Waals surface area contributed by atoms with Gasteiger partial charge in [-0.3, -0.25) is 9.48 Å². The maximum Gasteiger partial charge on any atom is 0.249 e. The number of rotatable bonds is 4. The summed E-state index contributed by atoms with van der Waals surface area (Å²) in [6.45, 7) is 3.73. The lowest BCUT2D eigenvalue weighted by Gasteiger charge is -2.09. The molecule has 4 nitrogen and oxygen atoms in total. The van der Waals surface area contributed by atoms with Crippen molar-refractivity contribution in [3.05, 3.63) is 76.2 Å². The van der Waals surface area contributed by atoms with Gasteiger partial charge in [0.1, 0.15) is 11.6 Å². The number of hydrogen-bond donors (Lipinski definition) is 1. The van der Waals surface area contributed by atoms with Crippen LogP contribution in [0.1, 0.15) is 18.2 Å². The number of aryl methyl sites for hydroxylation is 2. The normalized spacial score (nSPS) is 11.5. The van der Waals surface area contributed by atoms with Gasteiger partial charge in [0.2, 0.25) is 5.91 Å². The van der Waals surface area contributed by atoms with Gasteiger partial charge in [-0.05, 0) is 54.8 Å². The number of anilines is 1. The summed E-state index contributed by atoms with van der Waals surface area (Å²) in [5.74, 6) is 0.0571. The first kappa shape index (κ1) is 19.0. The van der Waals surface area contributed by atoms with E-state index in [1.807, 2.05) is 38.1 Å². The Hall–Kier alpha value is -2.73. The van der Waals surface area contributed by atoms with E-state index in [1.54, 1.807) is 23.9 Å². The van der Waals surface area contributed by atoms with E-state index < -0.39 is 0 Å². The average Bonchev–Trinajstić information content (AvgIpc) is 2.89. The molecule has 0 saturated carbocycles. The number of nitrogens with zero attached hydrogens (tertiary/aromatic N) is 2. The largest absolute Gasteiger partial charge is 0.307 e. The van der Waals surface area contributed by atoms with Gasteiger partial charge in [0, 0.05) is 23.2 Å². The van der Waals surface area contributed by atoms with Gasteiger partial charge < -0.3 is 5.32 Å². The first-order chi connectivity index (χ1) is 12.8. The van der Waals surface area contributed by atoms with Crippen LogP contribution >= 0.6 is 15.9 Å². The van der Waals surface area contributed by atoms with Crippen molar-refractivity contribution in [1.82, 2.24) is 9.78 Å². The van der Waals surface area contributed by atoms with Crippen LogP contribution in [-0.2, 0) is 11.8 Å². The zero-order valence-electron chi connectivity index (χ0n) is 15.3. The summed E-state index contributed by atoms with van der Waals surface area (Å²) in [6, 6.07) is 13.9. The summed E-state index contributed by atoms with van der Waals surface area (Å²) in [5.41, 5.74) is 4.22. The van der Waals surface area contributed by atoms with Crippen LogP contribution in [0.4, 0.5) is 10.2 Å². The predicted molar refractivity (Wildman–Crippen MR) is 110 cm³/mol. The molecule has 6 heteroatoms. The van der Waals surface area contributed by atoms with Crippen LogP contribution in [-0.4, -0.2) is 15.7 Å². The van der Waals surface area contributed by atoms with Gasteiger partial charge in [0.05, 0.1) is 5.69 Å². The van der Waals surface area contributed by atoms with E-state index in [-0.39, 0.29) is 11.7 Å². The second-order valence-electron chi connectivity index (χ2n) is 6.26. The molecular formula is C21H19BrFN3O. The molecular weight excluding hydrogens is 409 g/mol. The van der Waals surface area contributed by atoms with E-state index in [0.29, 0.717) is 5.82 Å². The first-order valence-corrected chi connectivity index (χ1v) is 9.19. The highest BCUT2D eigenvalue weighted by Crippen LogP contribution is 2.32. The third kappa shape index (κ3) is 4.34. The van der Waals surface area contributed by atoms with Crippen molar-refractivity contribution >= 4 is 33.2 Å². The molecule has 0 aliphatic rings. The molecule has 0 aliphatic heterocycles. The van der Waals surface area contributed by atoms with Gasteiger partial charge >= 0.3 is 0 Å². The molecule has 138 valence electrons. The number of aromatic nitrogens is 2. The number of amides is 1. The lowest BCUT2D eigenvalue weighted by Crippen LogP contribution is -2.12. The van der Waals surface area contributed by atoms with Gasteiger partial charge in [0.15, 0.2) is 0 Å².